The van der Waals surface area contributed by atoms with Crippen LogP contribution in [0, 0.1) is 11.6 Å². The maximum absolute atomic E-state index is 14.2. The van der Waals surface area contributed by atoms with Crippen LogP contribution in [0.15, 0.2) is 109 Å². The SMILES string of the molecule is C=CCO/N=C(\C)c1cc(C(=O)N[C@@H](Cc2cc(F)cc(F)c2)[C@H](O)CNCc2cccc(OC)c2)cc(N(c2ccccc2)S(C)(=O)=O)c1. The minimum Gasteiger partial charge on any atom is -0.497 e. The number of carbonyl (C=O) groups excluding carboxylic acids is 1. The number of halogens is 2. The molecule has 4 rings (SSSR count). The Morgan fingerprint density at radius 3 is 2.32 bits per heavy atom. The molecule has 0 aliphatic carbocycles. The van der Waals surface area contributed by atoms with E-state index in [1.54, 1.807) is 56.5 Å². The van der Waals surface area contributed by atoms with E-state index in [1.165, 1.54) is 18.2 Å². The number of oxime groups is 1. The number of sulfonamides is 1. The van der Waals surface area contributed by atoms with E-state index in [4.69, 9.17) is 9.57 Å². The van der Waals surface area contributed by atoms with Crippen LogP contribution in [0.3, 0.4) is 0 Å². The maximum atomic E-state index is 14.2. The molecule has 4 aromatic carbocycles. The molecule has 0 spiro atoms. The van der Waals surface area contributed by atoms with Crippen LogP contribution in [0.2, 0.25) is 0 Å². The lowest BCUT2D eigenvalue weighted by Crippen LogP contribution is -2.48. The lowest BCUT2D eigenvalue weighted by atomic mass is 9.99. The van der Waals surface area contributed by atoms with Gasteiger partial charge in [0.1, 0.15) is 24.0 Å². The van der Waals surface area contributed by atoms with E-state index in [-0.39, 0.29) is 36.4 Å². The molecular formula is C37H40F2N4O6S. The number of nitrogens with one attached hydrogen (secondary N) is 2. The molecule has 0 heterocycles. The number of carbonyl (C=O) groups is 1. The first kappa shape index (κ1) is 37.7. The van der Waals surface area contributed by atoms with Gasteiger partial charge in [0, 0.05) is 30.3 Å². The van der Waals surface area contributed by atoms with Crippen molar-refractivity contribution in [3.63, 3.8) is 0 Å². The normalized spacial score (nSPS) is 12.9. The van der Waals surface area contributed by atoms with Crippen LogP contribution in [0.4, 0.5) is 20.2 Å². The molecule has 1 amide bonds. The third-order valence-corrected chi connectivity index (χ3v) is 8.61. The van der Waals surface area contributed by atoms with E-state index in [9.17, 15) is 27.1 Å². The highest BCUT2D eigenvalue weighted by Crippen LogP contribution is 2.30. The average molecular weight is 707 g/mol. The van der Waals surface area contributed by atoms with Crippen molar-refractivity contribution >= 4 is 33.0 Å². The van der Waals surface area contributed by atoms with Crippen molar-refractivity contribution in [3.05, 3.63) is 138 Å². The van der Waals surface area contributed by atoms with Gasteiger partial charge in [-0.25, -0.2) is 21.5 Å². The molecule has 10 nitrogen and oxygen atoms in total. The predicted molar refractivity (Wildman–Crippen MR) is 190 cm³/mol. The van der Waals surface area contributed by atoms with E-state index >= 15 is 0 Å². The van der Waals surface area contributed by atoms with E-state index in [0.29, 0.717) is 29.3 Å². The van der Waals surface area contributed by atoms with Gasteiger partial charge in [-0.2, -0.15) is 0 Å². The highest BCUT2D eigenvalue weighted by Gasteiger charge is 2.26. The van der Waals surface area contributed by atoms with Crippen molar-refractivity contribution < 1.29 is 36.7 Å². The van der Waals surface area contributed by atoms with Crippen molar-refractivity contribution in [2.75, 3.05) is 30.8 Å². The van der Waals surface area contributed by atoms with Gasteiger partial charge in [0.15, 0.2) is 0 Å². The molecule has 0 aliphatic heterocycles. The number of methoxy groups -OCH3 is 1. The minimum atomic E-state index is -3.91. The largest absolute Gasteiger partial charge is 0.497 e. The van der Waals surface area contributed by atoms with Gasteiger partial charge < -0.3 is 25.3 Å². The first-order chi connectivity index (χ1) is 23.9. The van der Waals surface area contributed by atoms with Crippen molar-refractivity contribution in [2.45, 2.75) is 32.0 Å². The number of amides is 1. The molecule has 0 fully saturated rings. The zero-order valence-electron chi connectivity index (χ0n) is 28.0. The molecule has 0 aliphatic rings. The van der Waals surface area contributed by atoms with Gasteiger partial charge >= 0.3 is 0 Å². The third kappa shape index (κ3) is 10.7. The summed E-state index contributed by atoms with van der Waals surface area (Å²) in [4.78, 5) is 19.2. The van der Waals surface area contributed by atoms with E-state index in [2.05, 4.69) is 22.4 Å². The molecule has 0 saturated carbocycles. The molecule has 0 saturated heterocycles. The zero-order chi connectivity index (χ0) is 36.3. The number of anilines is 2. The second kappa shape index (κ2) is 17.5. The van der Waals surface area contributed by atoms with Gasteiger partial charge in [0.2, 0.25) is 10.0 Å². The van der Waals surface area contributed by atoms with E-state index in [1.807, 2.05) is 18.2 Å². The Kier molecular flexibility index (Phi) is 13.2. The lowest BCUT2D eigenvalue weighted by molar-refractivity contribution is 0.0830. The molecule has 0 unspecified atom stereocenters. The van der Waals surface area contributed by atoms with Crippen molar-refractivity contribution in [1.29, 1.82) is 0 Å². The average Bonchev–Trinajstić information content (AvgIpc) is 3.07. The summed E-state index contributed by atoms with van der Waals surface area (Å²) in [5.74, 6) is -1.62. The van der Waals surface area contributed by atoms with E-state index < -0.39 is 39.7 Å². The molecule has 264 valence electrons. The number of ether oxygens (including phenoxy) is 1. The molecule has 3 N–H and O–H groups in total. The minimum absolute atomic E-state index is 0.00746. The Labute approximate surface area is 291 Å². The summed E-state index contributed by atoms with van der Waals surface area (Å²) in [5, 5.41) is 21.3. The fourth-order valence-corrected chi connectivity index (χ4v) is 6.20. The van der Waals surface area contributed by atoms with Crippen LogP contribution < -0.4 is 19.7 Å². The fourth-order valence-electron chi connectivity index (χ4n) is 5.21. The summed E-state index contributed by atoms with van der Waals surface area (Å²) in [7, 11) is -2.35. The monoisotopic (exact) mass is 706 g/mol. The van der Waals surface area contributed by atoms with Gasteiger partial charge in [-0.1, -0.05) is 48.1 Å². The molecule has 0 aromatic heterocycles. The summed E-state index contributed by atoms with van der Waals surface area (Å²) in [6.45, 7) is 5.72. The summed E-state index contributed by atoms with van der Waals surface area (Å²) < 4.78 is 60.9. The summed E-state index contributed by atoms with van der Waals surface area (Å²) in [5.41, 5.74) is 2.33. The van der Waals surface area contributed by atoms with Crippen molar-refractivity contribution in [1.82, 2.24) is 10.6 Å². The Balaban J connectivity index is 1.70. The van der Waals surface area contributed by atoms with Crippen LogP contribution in [0.5, 0.6) is 5.75 Å². The number of aliphatic hydroxyl groups is 1. The Morgan fingerprint density at radius 2 is 1.66 bits per heavy atom. The predicted octanol–water partition coefficient (Wildman–Crippen LogP) is 5.49. The Bertz CT molecular complexity index is 1900. The second-order valence-corrected chi connectivity index (χ2v) is 13.3. The van der Waals surface area contributed by atoms with Crippen LogP contribution >= 0.6 is 0 Å². The maximum Gasteiger partial charge on any atom is 0.251 e. The molecule has 0 radical (unpaired) electrons. The highest BCUT2D eigenvalue weighted by atomic mass is 32.2. The smallest absolute Gasteiger partial charge is 0.251 e. The summed E-state index contributed by atoms with van der Waals surface area (Å²) in [6.07, 6.45) is 1.22. The summed E-state index contributed by atoms with van der Waals surface area (Å²) in [6, 6.07) is 22.1. The van der Waals surface area contributed by atoms with Crippen LogP contribution in [-0.2, 0) is 27.8 Å². The molecule has 50 heavy (non-hydrogen) atoms. The lowest BCUT2D eigenvalue weighted by Gasteiger charge is -2.26. The van der Waals surface area contributed by atoms with Gasteiger partial charge in [-0.05, 0) is 79.1 Å². The standard InChI is InChI=1S/C37H40F2N4O6S/c1-5-14-49-42-25(2)28-19-29(21-33(20-28)43(50(4,46)47)32-11-7-6-8-12-32)37(45)41-35(18-27-15-30(38)22-31(39)16-27)36(44)24-40-23-26-10-9-13-34(17-26)48-3/h5-13,15-17,19-22,35-36,40,44H,1,14,18,23-24H2,2-4H3,(H,41,45)/b42-25+/t35-,36+/m0/s1. The molecule has 0 bridgehead atoms. The number of hydrogen-bond acceptors (Lipinski definition) is 8. The number of para-hydroxylation sites is 1. The number of hydrogen-bond donors (Lipinski definition) is 3. The number of aliphatic hydroxyl groups excluding tert-OH is 1. The number of nitrogens with zero attached hydrogens (tertiary/aromatic N) is 2. The molecular weight excluding hydrogens is 666 g/mol. The quantitative estimate of drug-likeness (QED) is 0.0574. The van der Waals surface area contributed by atoms with Crippen LogP contribution in [0.1, 0.15) is 34.0 Å². The number of rotatable bonds is 17. The third-order valence-electron chi connectivity index (χ3n) is 7.52. The van der Waals surface area contributed by atoms with Gasteiger partial charge in [0.25, 0.3) is 5.91 Å². The first-order valence-electron chi connectivity index (χ1n) is 15.6. The van der Waals surface area contributed by atoms with Crippen LogP contribution in [0.25, 0.3) is 0 Å². The summed E-state index contributed by atoms with van der Waals surface area (Å²) >= 11 is 0. The Hall–Kier alpha value is -5.11. The van der Waals surface area contributed by atoms with Crippen molar-refractivity contribution in [3.8, 4) is 5.75 Å². The topological polar surface area (TPSA) is 130 Å². The van der Waals surface area contributed by atoms with E-state index in [0.717, 1.165) is 34.3 Å². The Morgan fingerprint density at radius 1 is 0.960 bits per heavy atom. The van der Waals surface area contributed by atoms with Gasteiger partial charge in [-0.3, -0.25) is 4.79 Å². The van der Waals surface area contributed by atoms with Gasteiger partial charge in [-0.15, -0.1) is 0 Å². The number of benzene rings is 4. The molecule has 2 atom stereocenters. The zero-order valence-corrected chi connectivity index (χ0v) is 28.8. The van der Waals surface area contributed by atoms with Gasteiger partial charge in [0.05, 0.1) is 42.6 Å². The fraction of sp³-hybridized carbons (Fsp3) is 0.243. The van der Waals surface area contributed by atoms with Crippen molar-refractivity contribution in [2.24, 2.45) is 5.16 Å². The van der Waals surface area contributed by atoms with Crippen LogP contribution in [-0.4, -0.2) is 63.8 Å². The molecule has 13 heteroatoms. The molecule has 4 aromatic rings. The highest BCUT2D eigenvalue weighted by molar-refractivity contribution is 7.92. The first-order valence-corrected chi connectivity index (χ1v) is 17.5. The second-order valence-electron chi connectivity index (χ2n) is 11.5.